The number of nitrogens with two attached hydrogens (primary N) is 1. The molecule has 0 saturated carbocycles. The molecule has 3 rings (SSSR count). The fraction of sp³-hybridized carbons (Fsp3) is 0.143. The summed E-state index contributed by atoms with van der Waals surface area (Å²) in [6.07, 6.45) is -2.90. The number of nitrogens with zero attached hydrogens (tertiary/aromatic N) is 2. The standard InChI is InChI=1S/C21H17F2N3O/c1-3-6-13-9-11-14(12-10-13)15-7-4-5-8-16(15)19-17(21(24)27)18(20(22)23)25-26(19)2/h4-5,7-12,20H,1-2H3,(H2,24,27). The van der Waals surface area contributed by atoms with Crippen LogP contribution >= 0.6 is 0 Å². The van der Waals surface area contributed by atoms with Crippen molar-refractivity contribution in [3.8, 4) is 34.2 Å². The molecule has 0 unspecified atom stereocenters. The first-order chi connectivity index (χ1) is 12.9. The Labute approximate surface area is 155 Å². The Kier molecular flexibility index (Phi) is 5.04. The fourth-order valence-electron chi connectivity index (χ4n) is 3.07. The monoisotopic (exact) mass is 365 g/mol. The molecule has 1 heterocycles. The Morgan fingerprint density at radius 1 is 1.11 bits per heavy atom. The van der Waals surface area contributed by atoms with E-state index in [9.17, 15) is 13.6 Å². The third kappa shape index (κ3) is 3.44. The lowest BCUT2D eigenvalue weighted by Crippen LogP contribution is -2.14. The molecule has 0 aliphatic carbocycles. The second-order valence-electron chi connectivity index (χ2n) is 5.90. The number of carbonyl (C=O) groups is 1. The molecule has 1 aromatic heterocycles. The summed E-state index contributed by atoms with van der Waals surface area (Å²) in [5, 5.41) is 3.83. The van der Waals surface area contributed by atoms with Crippen LogP contribution < -0.4 is 5.73 Å². The van der Waals surface area contributed by atoms with Gasteiger partial charge in [-0.15, -0.1) is 5.92 Å². The SMILES string of the molecule is CC#Cc1ccc(-c2ccccc2-c2c(C(N)=O)c(C(F)F)nn2C)cc1. The molecular formula is C21H17F2N3O. The van der Waals surface area contributed by atoms with Gasteiger partial charge in [0.15, 0.2) is 0 Å². The first-order valence-electron chi connectivity index (χ1n) is 8.21. The molecule has 3 aromatic rings. The Morgan fingerprint density at radius 2 is 1.74 bits per heavy atom. The van der Waals surface area contributed by atoms with Crippen LogP contribution in [0.15, 0.2) is 48.5 Å². The Hall–Kier alpha value is -3.46. The molecule has 136 valence electrons. The molecule has 0 saturated heterocycles. The number of aromatic nitrogens is 2. The molecule has 27 heavy (non-hydrogen) atoms. The normalized spacial score (nSPS) is 10.6. The Morgan fingerprint density at radius 3 is 2.30 bits per heavy atom. The molecular weight excluding hydrogens is 348 g/mol. The lowest BCUT2D eigenvalue weighted by molar-refractivity contribution is 0.0985. The molecule has 0 spiro atoms. The summed E-state index contributed by atoms with van der Waals surface area (Å²) in [7, 11) is 1.52. The van der Waals surface area contributed by atoms with Crippen molar-refractivity contribution >= 4 is 5.91 Å². The fourth-order valence-corrected chi connectivity index (χ4v) is 3.07. The van der Waals surface area contributed by atoms with Crippen molar-refractivity contribution in [1.29, 1.82) is 0 Å². The first kappa shape index (κ1) is 18.3. The van der Waals surface area contributed by atoms with Crippen molar-refractivity contribution in [2.75, 3.05) is 0 Å². The van der Waals surface area contributed by atoms with Gasteiger partial charge in [-0.2, -0.15) is 5.10 Å². The first-order valence-corrected chi connectivity index (χ1v) is 8.21. The molecule has 1 amide bonds. The minimum atomic E-state index is -2.90. The van der Waals surface area contributed by atoms with Gasteiger partial charge in [-0.05, 0) is 30.2 Å². The summed E-state index contributed by atoms with van der Waals surface area (Å²) >= 11 is 0. The van der Waals surface area contributed by atoms with Crippen molar-refractivity contribution in [3.05, 3.63) is 65.4 Å². The van der Waals surface area contributed by atoms with Gasteiger partial charge in [0, 0.05) is 18.2 Å². The Balaban J connectivity index is 2.23. The summed E-state index contributed by atoms with van der Waals surface area (Å²) in [5.74, 6) is 4.88. The Bertz CT molecular complexity index is 1060. The van der Waals surface area contributed by atoms with Crippen LogP contribution in [0.3, 0.4) is 0 Å². The van der Waals surface area contributed by atoms with Gasteiger partial charge in [-0.25, -0.2) is 8.78 Å². The van der Waals surface area contributed by atoms with Crippen molar-refractivity contribution in [1.82, 2.24) is 9.78 Å². The topological polar surface area (TPSA) is 60.9 Å². The van der Waals surface area contributed by atoms with Gasteiger partial charge < -0.3 is 5.73 Å². The highest BCUT2D eigenvalue weighted by molar-refractivity contribution is 6.02. The van der Waals surface area contributed by atoms with E-state index in [0.29, 0.717) is 5.56 Å². The zero-order valence-electron chi connectivity index (χ0n) is 14.8. The quantitative estimate of drug-likeness (QED) is 0.706. The van der Waals surface area contributed by atoms with Crippen LogP contribution in [0.4, 0.5) is 8.78 Å². The maximum Gasteiger partial charge on any atom is 0.282 e. The van der Waals surface area contributed by atoms with Gasteiger partial charge in [0.1, 0.15) is 5.69 Å². The second kappa shape index (κ2) is 7.42. The number of hydrogen-bond acceptors (Lipinski definition) is 2. The largest absolute Gasteiger partial charge is 0.365 e. The summed E-state index contributed by atoms with van der Waals surface area (Å²) in [5.41, 5.74) is 7.92. The van der Waals surface area contributed by atoms with E-state index in [2.05, 4.69) is 16.9 Å². The van der Waals surface area contributed by atoms with Gasteiger partial charge in [-0.3, -0.25) is 9.48 Å². The molecule has 4 nitrogen and oxygen atoms in total. The maximum absolute atomic E-state index is 13.3. The number of carbonyl (C=O) groups excluding carboxylic acids is 1. The van der Waals surface area contributed by atoms with Crippen LogP contribution in [-0.4, -0.2) is 15.7 Å². The van der Waals surface area contributed by atoms with E-state index >= 15 is 0 Å². The minimum Gasteiger partial charge on any atom is -0.365 e. The van der Waals surface area contributed by atoms with Crippen LogP contribution in [0.1, 0.15) is 35.0 Å². The smallest absolute Gasteiger partial charge is 0.282 e. The number of hydrogen-bond donors (Lipinski definition) is 1. The van der Waals surface area contributed by atoms with E-state index in [4.69, 9.17) is 5.73 Å². The number of halogens is 2. The molecule has 2 aromatic carbocycles. The van der Waals surface area contributed by atoms with Crippen molar-refractivity contribution in [2.45, 2.75) is 13.3 Å². The third-order valence-electron chi connectivity index (χ3n) is 4.17. The number of alkyl halides is 2. The van der Waals surface area contributed by atoms with E-state index in [1.165, 1.54) is 11.7 Å². The highest BCUT2D eigenvalue weighted by Gasteiger charge is 2.28. The molecule has 0 aliphatic rings. The summed E-state index contributed by atoms with van der Waals surface area (Å²) < 4.78 is 28.0. The van der Waals surface area contributed by atoms with E-state index in [-0.39, 0.29) is 11.3 Å². The van der Waals surface area contributed by atoms with Gasteiger partial charge in [0.05, 0.1) is 11.3 Å². The van der Waals surface area contributed by atoms with E-state index < -0.39 is 18.0 Å². The number of benzene rings is 2. The molecule has 0 atom stereocenters. The third-order valence-corrected chi connectivity index (χ3v) is 4.17. The van der Waals surface area contributed by atoms with Crippen molar-refractivity contribution in [3.63, 3.8) is 0 Å². The van der Waals surface area contributed by atoms with Crippen LogP contribution in [-0.2, 0) is 7.05 Å². The maximum atomic E-state index is 13.3. The van der Waals surface area contributed by atoms with Crippen LogP contribution in [0.25, 0.3) is 22.4 Å². The molecule has 6 heteroatoms. The highest BCUT2D eigenvalue weighted by Crippen LogP contribution is 2.36. The van der Waals surface area contributed by atoms with Crippen LogP contribution in [0.2, 0.25) is 0 Å². The average molecular weight is 365 g/mol. The van der Waals surface area contributed by atoms with Gasteiger partial charge in [0.25, 0.3) is 12.3 Å². The highest BCUT2D eigenvalue weighted by atomic mass is 19.3. The second-order valence-corrected chi connectivity index (χ2v) is 5.90. The molecule has 0 fully saturated rings. The van der Waals surface area contributed by atoms with Gasteiger partial charge in [-0.1, -0.05) is 42.3 Å². The van der Waals surface area contributed by atoms with Crippen molar-refractivity contribution < 1.29 is 13.6 Å². The zero-order valence-corrected chi connectivity index (χ0v) is 14.8. The zero-order chi connectivity index (χ0) is 19.6. The molecule has 0 bridgehead atoms. The van der Waals surface area contributed by atoms with E-state index in [1.807, 2.05) is 36.4 Å². The predicted octanol–water partition coefficient (Wildman–Crippen LogP) is 4.16. The van der Waals surface area contributed by atoms with E-state index in [1.54, 1.807) is 19.1 Å². The molecule has 0 radical (unpaired) electrons. The number of aryl methyl sites for hydroxylation is 1. The molecule has 0 aliphatic heterocycles. The number of primary amides is 1. The lowest BCUT2D eigenvalue weighted by atomic mass is 9.94. The predicted molar refractivity (Wildman–Crippen MR) is 100 cm³/mol. The van der Waals surface area contributed by atoms with Gasteiger partial charge >= 0.3 is 0 Å². The summed E-state index contributed by atoms with van der Waals surface area (Å²) in [6, 6.07) is 14.8. The average Bonchev–Trinajstić information content (AvgIpc) is 3.00. The lowest BCUT2D eigenvalue weighted by Gasteiger charge is -2.12. The summed E-state index contributed by atoms with van der Waals surface area (Å²) in [6.45, 7) is 1.76. The van der Waals surface area contributed by atoms with E-state index in [0.717, 1.165) is 16.7 Å². The number of rotatable bonds is 4. The van der Waals surface area contributed by atoms with Crippen molar-refractivity contribution in [2.24, 2.45) is 12.8 Å². The molecule has 2 N–H and O–H groups in total. The number of amides is 1. The van der Waals surface area contributed by atoms with Gasteiger partial charge in [0.2, 0.25) is 0 Å². The van der Waals surface area contributed by atoms with Crippen LogP contribution in [0, 0.1) is 11.8 Å². The summed E-state index contributed by atoms with van der Waals surface area (Å²) in [4.78, 5) is 11.9. The minimum absolute atomic E-state index is 0.256. The van der Waals surface area contributed by atoms with Crippen LogP contribution in [0.5, 0.6) is 0 Å².